The van der Waals surface area contributed by atoms with E-state index in [9.17, 15) is 4.79 Å². The molecule has 0 heterocycles. The lowest BCUT2D eigenvalue weighted by Crippen LogP contribution is -2.07. The Bertz CT molecular complexity index is 613. The van der Waals surface area contributed by atoms with Gasteiger partial charge in [-0.05, 0) is 37.5 Å². The molecule has 0 fully saturated rings. The van der Waals surface area contributed by atoms with E-state index in [1.54, 1.807) is 0 Å². The molecule has 19 heavy (non-hydrogen) atoms. The molecule has 96 valence electrons. The molecule has 0 atom stereocenters. The van der Waals surface area contributed by atoms with Crippen LogP contribution in [0.15, 0.2) is 49.0 Å². The van der Waals surface area contributed by atoms with Crippen molar-refractivity contribution >= 4 is 11.4 Å². The van der Waals surface area contributed by atoms with Crippen molar-refractivity contribution in [1.29, 1.82) is 0 Å². The van der Waals surface area contributed by atoms with Gasteiger partial charge in [0.05, 0.1) is 0 Å². The van der Waals surface area contributed by atoms with Crippen molar-refractivity contribution in [3.63, 3.8) is 0 Å². The zero-order valence-electron chi connectivity index (χ0n) is 11.7. The van der Waals surface area contributed by atoms with Crippen LogP contribution < -0.4 is 0 Å². The third-order valence-electron chi connectivity index (χ3n) is 3.30. The molecular weight excluding hydrogens is 232 g/mol. The highest BCUT2D eigenvalue weighted by molar-refractivity contribution is 6.29. The SMILES string of the molecule is C=C(C(=O)c1c(C)cc(C)cc1C)c1ccccc1. The predicted octanol–water partition coefficient (Wildman–Crippen LogP) is 4.51. The summed E-state index contributed by atoms with van der Waals surface area (Å²) in [7, 11) is 0. The first-order chi connectivity index (χ1) is 9.00. The van der Waals surface area contributed by atoms with Crippen molar-refractivity contribution in [2.75, 3.05) is 0 Å². The fourth-order valence-corrected chi connectivity index (χ4v) is 2.46. The minimum absolute atomic E-state index is 0.0150. The van der Waals surface area contributed by atoms with Gasteiger partial charge in [-0.3, -0.25) is 4.79 Å². The van der Waals surface area contributed by atoms with Crippen LogP contribution in [0.3, 0.4) is 0 Å². The number of benzene rings is 2. The van der Waals surface area contributed by atoms with Crippen LogP contribution in [0.25, 0.3) is 5.57 Å². The normalized spacial score (nSPS) is 10.3. The summed E-state index contributed by atoms with van der Waals surface area (Å²) in [6, 6.07) is 13.7. The lowest BCUT2D eigenvalue weighted by molar-refractivity contribution is 0.105. The summed E-state index contributed by atoms with van der Waals surface area (Å²) in [5.41, 5.74) is 5.41. The zero-order valence-corrected chi connectivity index (χ0v) is 11.7. The molecule has 0 aliphatic rings. The Morgan fingerprint density at radius 2 is 1.47 bits per heavy atom. The Morgan fingerprint density at radius 3 is 2.00 bits per heavy atom. The molecule has 0 bridgehead atoms. The number of Topliss-reactive ketones (excluding diaryl/α,β-unsaturated/α-hetero) is 1. The third kappa shape index (κ3) is 2.65. The molecule has 2 rings (SSSR count). The molecule has 0 aliphatic carbocycles. The second-order valence-corrected chi connectivity index (χ2v) is 4.95. The maximum Gasteiger partial charge on any atom is 0.193 e. The van der Waals surface area contributed by atoms with Gasteiger partial charge in [-0.1, -0.05) is 54.6 Å². The van der Waals surface area contributed by atoms with Crippen LogP contribution in [0, 0.1) is 20.8 Å². The molecule has 0 saturated heterocycles. The predicted molar refractivity (Wildman–Crippen MR) is 80.5 cm³/mol. The van der Waals surface area contributed by atoms with E-state index in [0.29, 0.717) is 5.57 Å². The summed E-state index contributed by atoms with van der Waals surface area (Å²) >= 11 is 0. The van der Waals surface area contributed by atoms with Gasteiger partial charge in [0, 0.05) is 11.1 Å². The van der Waals surface area contributed by atoms with E-state index in [4.69, 9.17) is 0 Å². The standard InChI is InChI=1S/C18H18O/c1-12-10-13(2)17(14(3)11-12)18(19)15(4)16-8-6-5-7-9-16/h5-11H,4H2,1-3H3. The van der Waals surface area contributed by atoms with Gasteiger partial charge in [-0.2, -0.15) is 0 Å². The molecule has 1 heteroatoms. The number of hydrogen-bond donors (Lipinski definition) is 0. The van der Waals surface area contributed by atoms with E-state index in [1.807, 2.05) is 63.2 Å². The Hall–Kier alpha value is -2.15. The summed E-state index contributed by atoms with van der Waals surface area (Å²) in [6.45, 7) is 9.95. The van der Waals surface area contributed by atoms with Gasteiger partial charge in [-0.25, -0.2) is 0 Å². The largest absolute Gasteiger partial charge is 0.289 e. The van der Waals surface area contributed by atoms with Gasteiger partial charge in [-0.15, -0.1) is 0 Å². The van der Waals surface area contributed by atoms with Crippen LogP contribution in [-0.2, 0) is 0 Å². The maximum atomic E-state index is 12.6. The smallest absolute Gasteiger partial charge is 0.193 e. The summed E-state index contributed by atoms with van der Waals surface area (Å²) in [6.07, 6.45) is 0. The van der Waals surface area contributed by atoms with Crippen LogP contribution in [0.2, 0.25) is 0 Å². The summed E-state index contributed by atoms with van der Waals surface area (Å²) < 4.78 is 0. The van der Waals surface area contributed by atoms with Gasteiger partial charge in [0.15, 0.2) is 5.78 Å². The van der Waals surface area contributed by atoms with Crippen molar-refractivity contribution in [1.82, 2.24) is 0 Å². The number of aryl methyl sites for hydroxylation is 3. The van der Waals surface area contributed by atoms with Crippen molar-refractivity contribution in [3.8, 4) is 0 Å². The Morgan fingerprint density at radius 1 is 0.947 bits per heavy atom. The topological polar surface area (TPSA) is 17.1 Å². The molecule has 1 nitrogen and oxygen atoms in total. The molecular formula is C18H18O. The van der Waals surface area contributed by atoms with E-state index in [0.717, 1.165) is 22.3 Å². The highest BCUT2D eigenvalue weighted by Crippen LogP contribution is 2.23. The number of allylic oxidation sites excluding steroid dienone is 1. The van der Waals surface area contributed by atoms with Crippen molar-refractivity contribution in [2.24, 2.45) is 0 Å². The second kappa shape index (κ2) is 5.23. The first-order valence-corrected chi connectivity index (χ1v) is 6.37. The van der Waals surface area contributed by atoms with Gasteiger partial charge >= 0.3 is 0 Å². The fourth-order valence-electron chi connectivity index (χ4n) is 2.46. The van der Waals surface area contributed by atoms with Crippen molar-refractivity contribution in [3.05, 3.63) is 76.9 Å². The van der Waals surface area contributed by atoms with Crippen LogP contribution in [0.1, 0.15) is 32.6 Å². The third-order valence-corrected chi connectivity index (χ3v) is 3.30. The number of rotatable bonds is 3. The molecule has 0 aliphatic heterocycles. The number of carbonyl (C=O) groups is 1. The minimum atomic E-state index is 0.0150. The summed E-state index contributed by atoms with van der Waals surface area (Å²) in [5, 5.41) is 0. The quantitative estimate of drug-likeness (QED) is 0.578. The van der Waals surface area contributed by atoms with E-state index >= 15 is 0 Å². The van der Waals surface area contributed by atoms with Gasteiger partial charge in [0.25, 0.3) is 0 Å². The average Bonchev–Trinajstić information content (AvgIpc) is 2.37. The maximum absolute atomic E-state index is 12.6. The lowest BCUT2D eigenvalue weighted by Gasteiger charge is -2.12. The van der Waals surface area contributed by atoms with Gasteiger partial charge in [0.2, 0.25) is 0 Å². The van der Waals surface area contributed by atoms with Crippen LogP contribution in [0.4, 0.5) is 0 Å². The summed E-state index contributed by atoms with van der Waals surface area (Å²) in [4.78, 5) is 12.6. The molecule has 0 spiro atoms. The van der Waals surface area contributed by atoms with Crippen LogP contribution >= 0.6 is 0 Å². The second-order valence-electron chi connectivity index (χ2n) is 4.95. The minimum Gasteiger partial charge on any atom is -0.289 e. The molecule has 0 unspecified atom stereocenters. The number of ketones is 1. The highest BCUT2D eigenvalue weighted by Gasteiger charge is 2.16. The Balaban J connectivity index is 2.44. The van der Waals surface area contributed by atoms with E-state index in [-0.39, 0.29) is 5.78 Å². The van der Waals surface area contributed by atoms with Crippen LogP contribution in [-0.4, -0.2) is 5.78 Å². The number of carbonyl (C=O) groups excluding carboxylic acids is 1. The van der Waals surface area contributed by atoms with Crippen molar-refractivity contribution < 1.29 is 4.79 Å². The van der Waals surface area contributed by atoms with E-state index < -0.39 is 0 Å². The van der Waals surface area contributed by atoms with E-state index in [1.165, 1.54) is 5.56 Å². The first kappa shape index (κ1) is 13.3. The zero-order chi connectivity index (χ0) is 14.0. The monoisotopic (exact) mass is 250 g/mol. The molecule has 0 N–H and O–H groups in total. The molecule has 2 aromatic rings. The van der Waals surface area contributed by atoms with Crippen LogP contribution in [0.5, 0.6) is 0 Å². The number of hydrogen-bond acceptors (Lipinski definition) is 1. The average molecular weight is 250 g/mol. The summed E-state index contributed by atoms with van der Waals surface area (Å²) in [5.74, 6) is 0.0150. The van der Waals surface area contributed by atoms with Gasteiger partial charge in [0.1, 0.15) is 0 Å². The fraction of sp³-hybridized carbons (Fsp3) is 0.167. The lowest BCUT2D eigenvalue weighted by atomic mass is 9.91. The molecule has 0 aromatic heterocycles. The van der Waals surface area contributed by atoms with Crippen molar-refractivity contribution in [2.45, 2.75) is 20.8 Å². The van der Waals surface area contributed by atoms with E-state index in [2.05, 4.69) is 6.58 Å². The molecule has 0 radical (unpaired) electrons. The Labute approximate surface area is 114 Å². The highest BCUT2D eigenvalue weighted by atomic mass is 16.1. The first-order valence-electron chi connectivity index (χ1n) is 6.37. The Kier molecular flexibility index (Phi) is 3.66. The molecule has 2 aromatic carbocycles. The van der Waals surface area contributed by atoms with Gasteiger partial charge < -0.3 is 0 Å². The molecule has 0 amide bonds. The molecule has 0 saturated carbocycles.